The van der Waals surface area contributed by atoms with Gasteiger partial charge in [-0.1, -0.05) is 27.7 Å². The summed E-state index contributed by atoms with van der Waals surface area (Å²) in [6.07, 6.45) is 0.613. The molecule has 1 rings (SSSR count). The first-order valence-corrected chi connectivity index (χ1v) is 6.25. The molecule has 0 bridgehead atoms. The highest BCUT2D eigenvalue weighted by Gasteiger charge is 2.25. The molecule has 0 fully saturated rings. The quantitative estimate of drug-likeness (QED) is 0.862. The van der Waals surface area contributed by atoms with Crippen molar-refractivity contribution in [3.63, 3.8) is 0 Å². The number of rotatable bonds is 5. The van der Waals surface area contributed by atoms with Gasteiger partial charge in [0.15, 0.2) is 0 Å². The van der Waals surface area contributed by atoms with Crippen molar-refractivity contribution >= 4 is 17.5 Å². The van der Waals surface area contributed by atoms with Gasteiger partial charge in [-0.2, -0.15) is 4.37 Å². The molecule has 5 heteroatoms. The molecule has 0 saturated heterocycles. The SMILES string of the molecule is CC(C)CC(C(=O)O)c1nc(C(C)C)ns1. The van der Waals surface area contributed by atoms with Crippen LogP contribution in [0.25, 0.3) is 0 Å². The minimum Gasteiger partial charge on any atom is -0.481 e. The average Bonchev–Trinajstić information content (AvgIpc) is 2.61. The topological polar surface area (TPSA) is 63.1 Å². The third kappa shape index (κ3) is 3.27. The molecule has 1 aromatic rings. The van der Waals surface area contributed by atoms with Crippen molar-refractivity contribution in [3.8, 4) is 0 Å². The second kappa shape index (κ2) is 5.39. The van der Waals surface area contributed by atoms with E-state index in [1.807, 2.05) is 27.7 Å². The lowest BCUT2D eigenvalue weighted by Crippen LogP contribution is -2.14. The number of carboxylic acid groups (broad SMARTS) is 1. The molecule has 4 nitrogen and oxygen atoms in total. The van der Waals surface area contributed by atoms with Gasteiger partial charge in [0, 0.05) is 5.92 Å². The van der Waals surface area contributed by atoms with Gasteiger partial charge in [-0.25, -0.2) is 4.98 Å². The molecular weight excluding hydrogens is 224 g/mol. The summed E-state index contributed by atoms with van der Waals surface area (Å²) < 4.78 is 4.19. The predicted molar refractivity (Wildman–Crippen MR) is 63.8 cm³/mol. The Morgan fingerprint density at radius 3 is 2.38 bits per heavy atom. The van der Waals surface area contributed by atoms with Crippen LogP contribution in [0.2, 0.25) is 0 Å². The van der Waals surface area contributed by atoms with Gasteiger partial charge in [-0.3, -0.25) is 4.79 Å². The highest BCUT2D eigenvalue weighted by molar-refractivity contribution is 7.05. The van der Waals surface area contributed by atoms with Crippen LogP contribution in [0.5, 0.6) is 0 Å². The zero-order chi connectivity index (χ0) is 12.3. The first-order chi connectivity index (χ1) is 7.41. The Balaban J connectivity index is 2.88. The predicted octanol–water partition coefficient (Wildman–Crippen LogP) is 2.88. The maximum absolute atomic E-state index is 11.2. The van der Waals surface area contributed by atoms with Crippen molar-refractivity contribution in [2.75, 3.05) is 0 Å². The van der Waals surface area contributed by atoms with E-state index in [0.717, 1.165) is 5.82 Å². The lowest BCUT2D eigenvalue weighted by Gasteiger charge is -2.11. The Kier molecular flexibility index (Phi) is 4.41. The Morgan fingerprint density at radius 1 is 1.38 bits per heavy atom. The summed E-state index contributed by atoms with van der Waals surface area (Å²) >= 11 is 1.21. The van der Waals surface area contributed by atoms with Crippen LogP contribution >= 0.6 is 11.5 Å². The molecular formula is C11H18N2O2S. The molecule has 0 spiro atoms. The first-order valence-electron chi connectivity index (χ1n) is 5.48. The van der Waals surface area contributed by atoms with Gasteiger partial charge in [0.2, 0.25) is 0 Å². The highest BCUT2D eigenvalue weighted by Crippen LogP contribution is 2.27. The lowest BCUT2D eigenvalue weighted by molar-refractivity contribution is -0.139. The normalized spacial score (nSPS) is 13.4. The van der Waals surface area contributed by atoms with E-state index in [0.29, 0.717) is 17.3 Å². The lowest BCUT2D eigenvalue weighted by atomic mass is 9.98. The molecule has 0 aromatic carbocycles. The molecule has 90 valence electrons. The fourth-order valence-electron chi connectivity index (χ4n) is 1.40. The van der Waals surface area contributed by atoms with Gasteiger partial charge in [-0.15, -0.1) is 0 Å². The third-order valence-electron chi connectivity index (χ3n) is 2.28. The Hall–Kier alpha value is -0.970. The van der Waals surface area contributed by atoms with E-state index in [1.54, 1.807) is 0 Å². The van der Waals surface area contributed by atoms with E-state index < -0.39 is 11.9 Å². The van der Waals surface area contributed by atoms with E-state index in [-0.39, 0.29) is 5.92 Å². The summed E-state index contributed by atoms with van der Waals surface area (Å²) in [6.45, 7) is 8.04. The van der Waals surface area contributed by atoms with Crippen molar-refractivity contribution in [2.45, 2.75) is 46.0 Å². The Bertz CT molecular complexity index is 361. The van der Waals surface area contributed by atoms with Crippen molar-refractivity contribution < 1.29 is 9.90 Å². The van der Waals surface area contributed by atoms with Gasteiger partial charge in [0.1, 0.15) is 16.7 Å². The summed E-state index contributed by atoms with van der Waals surface area (Å²) in [5, 5.41) is 9.79. The number of hydrogen-bond acceptors (Lipinski definition) is 4. The molecule has 0 amide bonds. The molecule has 0 aliphatic rings. The van der Waals surface area contributed by atoms with E-state index >= 15 is 0 Å². The molecule has 0 aliphatic heterocycles. The average molecular weight is 242 g/mol. The molecule has 1 unspecified atom stereocenters. The van der Waals surface area contributed by atoms with Crippen LogP contribution in [0.1, 0.15) is 56.8 Å². The molecule has 0 saturated carbocycles. The summed E-state index contributed by atoms with van der Waals surface area (Å²) in [5.41, 5.74) is 0. The maximum Gasteiger partial charge on any atom is 0.313 e. The third-order valence-corrected chi connectivity index (χ3v) is 3.12. The minimum atomic E-state index is -0.805. The Morgan fingerprint density at radius 2 is 2.00 bits per heavy atom. The van der Waals surface area contributed by atoms with E-state index in [2.05, 4.69) is 9.36 Å². The van der Waals surface area contributed by atoms with E-state index in [4.69, 9.17) is 5.11 Å². The molecule has 0 radical (unpaired) electrons. The molecule has 1 N–H and O–H groups in total. The van der Waals surface area contributed by atoms with E-state index in [9.17, 15) is 4.79 Å². The van der Waals surface area contributed by atoms with Crippen LogP contribution in [-0.4, -0.2) is 20.4 Å². The molecule has 1 heterocycles. The van der Waals surface area contributed by atoms with Crippen molar-refractivity contribution in [1.29, 1.82) is 0 Å². The first kappa shape index (κ1) is 13.1. The largest absolute Gasteiger partial charge is 0.481 e. The fourth-order valence-corrected chi connectivity index (χ4v) is 2.30. The van der Waals surface area contributed by atoms with Crippen LogP contribution in [0.3, 0.4) is 0 Å². The smallest absolute Gasteiger partial charge is 0.313 e. The van der Waals surface area contributed by atoms with Crippen LogP contribution < -0.4 is 0 Å². The number of aliphatic carboxylic acids is 1. The molecule has 0 aliphatic carbocycles. The minimum absolute atomic E-state index is 0.249. The van der Waals surface area contributed by atoms with Gasteiger partial charge in [0.25, 0.3) is 0 Å². The number of aromatic nitrogens is 2. The molecule has 1 atom stereocenters. The van der Waals surface area contributed by atoms with Gasteiger partial charge in [-0.05, 0) is 23.9 Å². The van der Waals surface area contributed by atoms with E-state index in [1.165, 1.54) is 11.5 Å². The number of hydrogen-bond donors (Lipinski definition) is 1. The van der Waals surface area contributed by atoms with Crippen LogP contribution in [0, 0.1) is 5.92 Å². The zero-order valence-corrected chi connectivity index (χ0v) is 10.9. The Labute approximate surface area is 99.9 Å². The van der Waals surface area contributed by atoms with Crippen molar-refractivity contribution in [3.05, 3.63) is 10.8 Å². The number of nitrogens with zero attached hydrogens (tertiary/aromatic N) is 2. The van der Waals surface area contributed by atoms with Crippen molar-refractivity contribution in [1.82, 2.24) is 9.36 Å². The maximum atomic E-state index is 11.2. The van der Waals surface area contributed by atoms with Gasteiger partial charge < -0.3 is 5.11 Å². The van der Waals surface area contributed by atoms with Crippen molar-refractivity contribution in [2.24, 2.45) is 5.92 Å². The fraction of sp³-hybridized carbons (Fsp3) is 0.727. The summed E-state index contributed by atoms with van der Waals surface area (Å²) in [4.78, 5) is 15.5. The van der Waals surface area contributed by atoms with Crippen LogP contribution in [0.4, 0.5) is 0 Å². The highest BCUT2D eigenvalue weighted by atomic mass is 32.1. The van der Waals surface area contributed by atoms with Crippen LogP contribution in [0.15, 0.2) is 0 Å². The second-order valence-electron chi connectivity index (χ2n) is 4.67. The van der Waals surface area contributed by atoms with Gasteiger partial charge in [0.05, 0.1) is 0 Å². The molecule has 1 aromatic heterocycles. The summed E-state index contributed by atoms with van der Waals surface area (Å²) in [5.74, 6) is 0.0196. The standard InChI is InChI=1S/C11H18N2O2S/c1-6(2)5-8(11(14)15)10-12-9(7(3)4)13-16-10/h6-8H,5H2,1-4H3,(H,14,15). The molecule has 16 heavy (non-hydrogen) atoms. The second-order valence-corrected chi connectivity index (χ2v) is 5.45. The number of carboxylic acids is 1. The summed E-state index contributed by atoms with van der Waals surface area (Å²) in [6, 6.07) is 0. The monoisotopic (exact) mass is 242 g/mol. The summed E-state index contributed by atoms with van der Waals surface area (Å²) in [7, 11) is 0. The van der Waals surface area contributed by atoms with Crippen LogP contribution in [-0.2, 0) is 4.79 Å². The zero-order valence-electron chi connectivity index (χ0n) is 10.1. The number of carbonyl (C=O) groups is 1. The van der Waals surface area contributed by atoms with Gasteiger partial charge >= 0.3 is 5.97 Å².